The molecule has 120 valence electrons. The van der Waals surface area contributed by atoms with E-state index in [2.05, 4.69) is 36.4 Å². The van der Waals surface area contributed by atoms with Crippen LogP contribution in [-0.2, 0) is 0 Å². The number of rotatable bonds is 1. The first-order valence-corrected chi connectivity index (χ1v) is 9.24. The van der Waals surface area contributed by atoms with Gasteiger partial charge in [-0.25, -0.2) is 0 Å². The van der Waals surface area contributed by atoms with Crippen molar-refractivity contribution in [1.82, 2.24) is 0 Å². The van der Waals surface area contributed by atoms with E-state index in [4.69, 9.17) is 11.6 Å². The third-order valence-corrected chi connectivity index (χ3v) is 6.33. The summed E-state index contributed by atoms with van der Waals surface area (Å²) >= 11 is 8.53. The first kappa shape index (κ1) is 14.8. The Bertz CT molecular complexity index is 1250. The predicted molar refractivity (Wildman–Crippen MR) is 109 cm³/mol. The molecule has 5 aromatic rings. The molecule has 1 heterocycles. The van der Waals surface area contributed by atoms with Crippen LogP contribution in [0.25, 0.3) is 42.1 Å². The average Bonchev–Trinajstić information content (AvgIpc) is 3.03. The third-order valence-electron chi connectivity index (χ3n) is 4.63. The van der Waals surface area contributed by atoms with E-state index in [0.717, 1.165) is 26.1 Å². The summed E-state index contributed by atoms with van der Waals surface area (Å²) in [5.41, 5.74) is 2.26. The van der Waals surface area contributed by atoms with Gasteiger partial charge in [0.25, 0.3) is 0 Å². The molecule has 0 fully saturated rings. The molecule has 0 atom stereocenters. The van der Waals surface area contributed by atoms with Crippen molar-refractivity contribution in [2.45, 2.75) is 0 Å². The maximum absolute atomic E-state index is 9.69. The monoisotopic (exact) mass is 360 g/mol. The highest BCUT2D eigenvalue weighted by Gasteiger charge is 2.18. The molecule has 25 heavy (non-hydrogen) atoms. The lowest BCUT2D eigenvalue weighted by molar-refractivity contribution is 0.475. The highest BCUT2D eigenvalue weighted by Crippen LogP contribution is 2.48. The van der Waals surface area contributed by atoms with Crippen molar-refractivity contribution in [3.63, 3.8) is 0 Å². The molecule has 0 amide bonds. The normalized spacial score (nSPS) is 11.6. The fraction of sp³-hybridized carbons (Fsp3) is 0. The number of phenols is 1. The molecular weight excluding hydrogens is 348 g/mol. The minimum absolute atomic E-state index is 0.272. The number of aromatic hydroxyl groups is 1. The molecule has 1 N–H and O–H groups in total. The van der Waals surface area contributed by atoms with Gasteiger partial charge in [-0.3, -0.25) is 0 Å². The Morgan fingerprint density at radius 1 is 0.720 bits per heavy atom. The van der Waals surface area contributed by atoms with E-state index < -0.39 is 0 Å². The van der Waals surface area contributed by atoms with Gasteiger partial charge in [0.15, 0.2) is 0 Å². The van der Waals surface area contributed by atoms with Crippen LogP contribution >= 0.6 is 22.9 Å². The fourth-order valence-electron chi connectivity index (χ4n) is 3.53. The van der Waals surface area contributed by atoms with Crippen LogP contribution in [0.15, 0.2) is 72.8 Å². The molecule has 0 aliphatic carbocycles. The lowest BCUT2D eigenvalue weighted by Gasteiger charge is -2.12. The third kappa shape index (κ3) is 2.15. The lowest BCUT2D eigenvalue weighted by Crippen LogP contribution is -1.85. The van der Waals surface area contributed by atoms with Crippen molar-refractivity contribution in [2.24, 2.45) is 0 Å². The minimum Gasteiger partial charge on any atom is -0.508 e. The molecule has 0 saturated heterocycles. The van der Waals surface area contributed by atoms with Crippen molar-refractivity contribution >= 4 is 53.9 Å². The van der Waals surface area contributed by atoms with Gasteiger partial charge in [0, 0.05) is 20.9 Å². The maximum atomic E-state index is 9.69. The number of phenolic OH excluding ortho intramolecular Hbond substituents is 1. The van der Waals surface area contributed by atoms with E-state index in [0.29, 0.717) is 0 Å². The Morgan fingerprint density at radius 3 is 2.12 bits per heavy atom. The molecule has 0 saturated carbocycles. The molecule has 0 aliphatic heterocycles. The summed E-state index contributed by atoms with van der Waals surface area (Å²) in [6, 6.07) is 24.1. The van der Waals surface area contributed by atoms with Gasteiger partial charge in [0.2, 0.25) is 0 Å². The van der Waals surface area contributed by atoms with Crippen LogP contribution in [0.4, 0.5) is 0 Å². The molecular formula is C22H13ClOS. The first-order chi connectivity index (χ1) is 12.2. The second-order valence-electron chi connectivity index (χ2n) is 6.08. The highest BCUT2D eigenvalue weighted by molar-refractivity contribution is 7.26. The molecule has 1 aromatic heterocycles. The van der Waals surface area contributed by atoms with Crippen LogP contribution in [0.5, 0.6) is 5.75 Å². The SMILES string of the molecule is Oc1ccc(-c2c3ccccc3c(Cl)c3sc4ccccc4c23)cc1. The summed E-state index contributed by atoms with van der Waals surface area (Å²) in [6.45, 7) is 0. The predicted octanol–water partition coefficient (Wildman–Crippen LogP) is 7.23. The van der Waals surface area contributed by atoms with E-state index in [1.807, 2.05) is 24.3 Å². The second-order valence-corrected chi connectivity index (χ2v) is 7.51. The minimum atomic E-state index is 0.272. The molecule has 0 aliphatic rings. The zero-order valence-corrected chi connectivity index (χ0v) is 14.7. The summed E-state index contributed by atoms with van der Waals surface area (Å²) in [7, 11) is 0. The van der Waals surface area contributed by atoms with Crippen LogP contribution in [-0.4, -0.2) is 5.11 Å². The van der Waals surface area contributed by atoms with E-state index in [-0.39, 0.29) is 5.75 Å². The van der Waals surface area contributed by atoms with Crippen LogP contribution < -0.4 is 0 Å². The Morgan fingerprint density at radius 2 is 1.36 bits per heavy atom. The molecule has 0 bridgehead atoms. The molecule has 5 rings (SSSR count). The molecule has 3 heteroatoms. The van der Waals surface area contributed by atoms with Crippen molar-refractivity contribution < 1.29 is 5.11 Å². The quantitative estimate of drug-likeness (QED) is 0.334. The summed E-state index contributed by atoms with van der Waals surface area (Å²) in [5.74, 6) is 0.272. The number of benzene rings is 4. The first-order valence-electron chi connectivity index (χ1n) is 8.05. The topological polar surface area (TPSA) is 20.2 Å². The summed E-state index contributed by atoms with van der Waals surface area (Å²) in [4.78, 5) is 0. The standard InChI is InChI=1S/C22H13ClOS/c23-21-16-6-2-1-5-15(16)19(13-9-11-14(24)12-10-13)20-17-7-3-4-8-18(17)25-22(20)21/h1-12,24H. The highest BCUT2D eigenvalue weighted by atomic mass is 35.5. The van der Waals surface area contributed by atoms with Gasteiger partial charge >= 0.3 is 0 Å². The van der Waals surface area contributed by atoms with Gasteiger partial charge < -0.3 is 5.11 Å². The summed E-state index contributed by atoms with van der Waals surface area (Å²) in [5, 5.41) is 15.1. The molecule has 4 aromatic carbocycles. The largest absolute Gasteiger partial charge is 0.508 e. The van der Waals surface area contributed by atoms with Crippen LogP contribution in [0, 0.1) is 0 Å². The molecule has 0 spiro atoms. The summed E-state index contributed by atoms with van der Waals surface area (Å²) < 4.78 is 2.35. The van der Waals surface area contributed by atoms with Gasteiger partial charge in [-0.05, 0) is 34.7 Å². The van der Waals surface area contributed by atoms with Crippen molar-refractivity contribution in [3.05, 3.63) is 77.8 Å². The van der Waals surface area contributed by atoms with Crippen LogP contribution in [0.1, 0.15) is 0 Å². The maximum Gasteiger partial charge on any atom is 0.115 e. The van der Waals surface area contributed by atoms with Gasteiger partial charge in [-0.15, -0.1) is 11.3 Å². The van der Waals surface area contributed by atoms with E-state index in [1.165, 1.54) is 21.0 Å². The number of thiophene rings is 1. The van der Waals surface area contributed by atoms with E-state index >= 15 is 0 Å². The zero-order valence-electron chi connectivity index (χ0n) is 13.2. The van der Waals surface area contributed by atoms with Crippen molar-refractivity contribution in [3.8, 4) is 16.9 Å². The fourth-order valence-corrected chi connectivity index (χ4v) is 5.06. The average molecular weight is 361 g/mol. The van der Waals surface area contributed by atoms with Gasteiger partial charge in [-0.1, -0.05) is 66.2 Å². The van der Waals surface area contributed by atoms with E-state index in [1.54, 1.807) is 23.5 Å². The number of hydrogen-bond acceptors (Lipinski definition) is 2. The van der Waals surface area contributed by atoms with Gasteiger partial charge in [0.1, 0.15) is 5.75 Å². The van der Waals surface area contributed by atoms with Crippen LogP contribution in [0.2, 0.25) is 5.02 Å². The van der Waals surface area contributed by atoms with Crippen molar-refractivity contribution in [1.29, 1.82) is 0 Å². The van der Waals surface area contributed by atoms with Crippen LogP contribution in [0.3, 0.4) is 0 Å². The summed E-state index contributed by atoms with van der Waals surface area (Å²) in [6.07, 6.45) is 0. The smallest absolute Gasteiger partial charge is 0.115 e. The van der Waals surface area contributed by atoms with Crippen molar-refractivity contribution in [2.75, 3.05) is 0 Å². The Hall–Kier alpha value is -2.55. The van der Waals surface area contributed by atoms with Gasteiger partial charge in [-0.2, -0.15) is 0 Å². The Balaban J connectivity index is 2.08. The zero-order chi connectivity index (χ0) is 17.0. The lowest BCUT2D eigenvalue weighted by atomic mass is 9.93. The number of fused-ring (bicyclic) bond motifs is 4. The second kappa shape index (κ2) is 5.48. The molecule has 0 unspecified atom stereocenters. The number of halogens is 1. The molecule has 1 nitrogen and oxygen atoms in total. The van der Waals surface area contributed by atoms with E-state index in [9.17, 15) is 5.11 Å². The molecule has 0 radical (unpaired) electrons. The van der Waals surface area contributed by atoms with Gasteiger partial charge in [0.05, 0.1) is 9.72 Å². The number of hydrogen-bond donors (Lipinski definition) is 1. The Kier molecular flexibility index (Phi) is 3.24. The Labute approximate surface area is 153 Å².